The summed E-state index contributed by atoms with van der Waals surface area (Å²) < 4.78 is 12.0. The maximum atomic E-state index is 12.0. The highest BCUT2D eigenvalue weighted by Gasteiger charge is 2.37. The Morgan fingerprint density at radius 1 is 1.64 bits per heavy atom. The van der Waals surface area contributed by atoms with E-state index in [1.165, 1.54) is 0 Å². The maximum Gasteiger partial charge on any atom is 0.310 e. The number of likely N-dealkylation sites (tertiary alicyclic amines) is 1. The van der Waals surface area contributed by atoms with E-state index in [9.17, 15) is 9.18 Å². The van der Waals surface area contributed by atoms with Crippen molar-refractivity contribution in [1.29, 1.82) is 0 Å². The lowest BCUT2D eigenvalue weighted by atomic mass is 9.82. The number of carboxylic acids is 1. The zero-order valence-electron chi connectivity index (χ0n) is 8.63. The van der Waals surface area contributed by atoms with Crippen LogP contribution in [0.5, 0.6) is 0 Å². The normalized spacial score (nSPS) is 29.0. The topological polar surface area (TPSA) is 40.5 Å². The van der Waals surface area contributed by atoms with Gasteiger partial charge in [0.05, 0.1) is 12.1 Å². The van der Waals surface area contributed by atoms with Crippen molar-refractivity contribution in [1.82, 2.24) is 4.90 Å². The first-order valence-corrected chi connectivity index (χ1v) is 5.10. The molecule has 1 saturated heterocycles. The Morgan fingerprint density at radius 2 is 2.36 bits per heavy atom. The third-order valence-electron chi connectivity index (χ3n) is 2.90. The Kier molecular flexibility index (Phi) is 3.86. The number of hydrogen-bond donors (Lipinski definition) is 1. The minimum atomic E-state index is -0.734. The molecule has 0 spiro atoms. The Balaban J connectivity index is 2.46. The van der Waals surface area contributed by atoms with E-state index in [2.05, 4.69) is 4.90 Å². The fourth-order valence-electron chi connectivity index (χ4n) is 1.99. The number of hydrogen-bond acceptors (Lipinski definition) is 2. The second-order valence-electron chi connectivity index (χ2n) is 4.29. The Hall–Kier alpha value is -0.640. The summed E-state index contributed by atoms with van der Waals surface area (Å²) in [5.41, 5.74) is -0.630. The number of carbonyl (C=O) groups is 1. The molecule has 0 radical (unpaired) electrons. The fraction of sp³-hybridized carbons (Fsp3) is 0.900. The largest absolute Gasteiger partial charge is 0.481 e. The first-order chi connectivity index (χ1) is 6.58. The van der Waals surface area contributed by atoms with Crippen molar-refractivity contribution in [2.75, 3.05) is 26.3 Å². The quantitative estimate of drug-likeness (QED) is 0.753. The van der Waals surface area contributed by atoms with E-state index in [4.69, 9.17) is 5.11 Å². The SMILES string of the molecule is CC1(C(=O)O)CCCN(CCCF)C1. The third kappa shape index (κ3) is 2.67. The van der Waals surface area contributed by atoms with Crippen LogP contribution in [0.4, 0.5) is 4.39 Å². The van der Waals surface area contributed by atoms with Crippen LogP contribution in [0.15, 0.2) is 0 Å². The summed E-state index contributed by atoms with van der Waals surface area (Å²) in [6, 6.07) is 0. The van der Waals surface area contributed by atoms with Crippen LogP contribution in [0.3, 0.4) is 0 Å². The molecule has 1 fully saturated rings. The summed E-state index contributed by atoms with van der Waals surface area (Å²) in [5.74, 6) is -0.734. The Labute approximate surface area is 83.9 Å². The van der Waals surface area contributed by atoms with E-state index < -0.39 is 11.4 Å². The molecule has 1 aliphatic heterocycles. The molecule has 0 aliphatic carbocycles. The summed E-state index contributed by atoms with van der Waals surface area (Å²) in [7, 11) is 0. The number of piperidine rings is 1. The number of alkyl halides is 1. The maximum absolute atomic E-state index is 12.0. The highest BCUT2D eigenvalue weighted by molar-refractivity contribution is 5.74. The fourth-order valence-corrected chi connectivity index (χ4v) is 1.99. The van der Waals surface area contributed by atoms with E-state index in [1.54, 1.807) is 6.92 Å². The molecule has 0 aromatic carbocycles. The highest BCUT2D eigenvalue weighted by Crippen LogP contribution is 2.29. The predicted octanol–water partition coefficient (Wildman–Crippen LogP) is 1.53. The van der Waals surface area contributed by atoms with Crippen molar-refractivity contribution in [3.8, 4) is 0 Å². The van der Waals surface area contributed by atoms with Gasteiger partial charge in [0.1, 0.15) is 0 Å². The molecule has 1 aliphatic rings. The van der Waals surface area contributed by atoms with E-state index in [0.717, 1.165) is 19.4 Å². The lowest BCUT2D eigenvalue weighted by Crippen LogP contribution is -2.46. The second kappa shape index (κ2) is 4.73. The molecule has 1 unspecified atom stereocenters. The van der Waals surface area contributed by atoms with Crippen LogP contribution in [-0.2, 0) is 4.79 Å². The average Bonchev–Trinajstić information content (AvgIpc) is 2.15. The molecular weight excluding hydrogens is 185 g/mol. The molecular formula is C10H18FNO2. The molecule has 4 heteroatoms. The van der Waals surface area contributed by atoms with Crippen LogP contribution in [0, 0.1) is 5.41 Å². The van der Waals surface area contributed by atoms with Gasteiger partial charge < -0.3 is 10.0 Å². The van der Waals surface area contributed by atoms with Gasteiger partial charge in [-0.25, -0.2) is 0 Å². The van der Waals surface area contributed by atoms with Crippen molar-refractivity contribution in [3.63, 3.8) is 0 Å². The van der Waals surface area contributed by atoms with E-state index >= 15 is 0 Å². The summed E-state index contributed by atoms with van der Waals surface area (Å²) in [4.78, 5) is 13.0. The highest BCUT2D eigenvalue weighted by atomic mass is 19.1. The van der Waals surface area contributed by atoms with Crippen molar-refractivity contribution in [2.45, 2.75) is 26.2 Å². The first-order valence-electron chi connectivity index (χ1n) is 5.10. The molecule has 1 heterocycles. The summed E-state index contributed by atoms with van der Waals surface area (Å²) in [6.07, 6.45) is 2.14. The van der Waals surface area contributed by atoms with E-state index in [1.807, 2.05) is 0 Å². The lowest BCUT2D eigenvalue weighted by Gasteiger charge is -2.37. The van der Waals surface area contributed by atoms with Crippen LogP contribution >= 0.6 is 0 Å². The molecule has 0 amide bonds. The van der Waals surface area contributed by atoms with Gasteiger partial charge in [-0.15, -0.1) is 0 Å². The van der Waals surface area contributed by atoms with Crippen molar-refractivity contribution < 1.29 is 14.3 Å². The summed E-state index contributed by atoms with van der Waals surface area (Å²) in [5, 5.41) is 9.04. The van der Waals surface area contributed by atoms with Gasteiger partial charge in [-0.2, -0.15) is 0 Å². The van der Waals surface area contributed by atoms with Crippen LogP contribution in [0.25, 0.3) is 0 Å². The number of nitrogens with zero attached hydrogens (tertiary/aromatic N) is 1. The number of aliphatic carboxylic acids is 1. The van der Waals surface area contributed by atoms with Gasteiger partial charge in [0, 0.05) is 13.1 Å². The number of carboxylic acid groups (broad SMARTS) is 1. The standard InChI is InChI=1S/C10H18FNO2/c1-10(9(13)14)4-2-6-12(8-10)7-3-5-11/h2-8H2,1H3,(H,13,14). The molecule has 14 heavy (non-hydrogen) atoms. The summed E-state index contributed by atoms with van der Waals surface area (Å²) >= 11 is 0. The zero-order valence-corrected chi connectivity index (χ0v) is 8.63. The van der Waals surface area contributed by atoms with Crippen molar-refractivity contribution >= 4 is 5.97 Å². The minimum Gasteiger partial charge on any atom is -0.481 e. The van der Waals surface area contributed by atoms with Gasteiger partial charge >= 0.3 is 5.97 Å². The first kappa shape index (κ1) is 11.4. The molecule has 0 aromatic heterocycles. The average molecular weight is 203 g/mol. The molecule has 82 valence electrons. The summed E-state index contributed by atoms with van der Waals surface area (Å²) in [6.45, 7) is 3.60. The van der Waals surface area contributed by atoms with Gasteiger partial charge in [-0.3, -0.25) is 9.18 Å². The number of rotatable bonds is 4. The van der Waals surface area contributed by atoms with Gasteiger partial charge in [-0.05, 0) is 32.7 Å². The van der Waals surface area contributed by atoms with Crippen LogP contribution in [0.2, 0.25) is 0 Å². The molecule has 0 aromatic rings. The molecule has 3 nitrogen and oxygen atoms in total. The predicted molar refractivity (Wildman–Crippen MR) is 52.0 cm³/mol. The van der Waals surface area contributed by atoms with Gasteiger partial charge in [0.2, 0.25) is 0 Å². The van der Waals surface area contributed by atoms with Crippen molar-refractivity contribution in [3.05, 3.63) is 0 Å². The Morgan fingerprint density at radius 3 is 2.93 bits per heavy atom. The van der Waals surface area contributed by atoms with Crippen LogP contribution in [-0.4, -0.2) is 42.3 Å². The van der Waals surface area contributed by atoms with Crippen molar-refractivity contribution in [2.24, 2.45) is 5.41 Å². The minimum absolute atomic E-state index is 0.319. The van der Waals surface area contributed by atoms with E-state index in [0.29, 0.717) is 19.5 Å². The van der Waals surface area contributed by atoms with Gasteiger partial charge in [0.25, 0.3) is 0 Å². The molecule has 0 bridgehead atoms. The Bertz CT molecular complexity index is 210. The molecule has 0 saturated carbocycles. The lowest BCUT2D eigenvalue weighted by molar-refractivity contribution is -0.151. The molecule has 1 N–H and O–H groups in total. The van der Waals surface area contributed by atoms with Gasteiger partial charge in [0.15, 0.2) is 0 Å². The number of halogens is 1. The zero-order chi connectivity index (χ0) is 10.6. The third-order valence-corrected chi connectivity index (χ3v) is 2.90. The molecule has 1 atom stereocenters. The van der Waals surface area contributed by atoms with Crippen LogP contribution in [0.1, 0.15) is 26.2 Å². The monoisotopic (exact) mass is 203 g/mol. The van der Waals surface area contributed by atoms with E-state index in [-0.39, 0.29) is 6.67 Å². The molecule has 1 rings (SSSR count). The smallest absolute Gasteiger partial charge is 0.310 e. The van der Waals surface area contributed by atoms with Crippen LogP contribution < -0.4 is 0 Å². The van der Waals surface area contributed by atoms with Gasteiger partial charge in [-0.1, -0.05) is 0 Å². The second-order valence-corrected chi connectivity index (χ2v) is 4.29.